The smallest absolute Gasteiger partial charge is 0.454 e. The van der Waals surface area contributed by atoms with Crippen molar-refractivity contribution in [2.45, 2.75) is 37.9 Å². The summed E-state index contributed by atoms with van der Waals surface area (Å²) in [5.74, 6) is -0.911. The van der Waals surface area contributed by atoms with Gasteiger partial charge in [-0.1, -0.05) is 6.92 Å². The molecule has 0 aromatic carbocycles. The van der Waals surface area contributed by atoms with Crippen molar-refractivity contribution >= 4 is 30.8 Å². The summed E-state index contributed by atoms with van der Waals surface area (Å²) in [6.07, 6.45) is -0.783. The minimum atomic E-state index is -4.34. The molecule has 4 rings (SSSR count). The molecule has 2 aromatic heterocycles. The van der Waals surface area contributed by atoms with Crippen molar-refractivity contribution in [3.05, 3.63) is 12.7 Å². The molecule has 2 saturated heterocycles. The molecular formula is C19H29N6O9P. The molecule has 0 spiro atoms. The second kappa shape index (κ2) is 11.2. The first-order valence-corrected chi connectivity index (χ1v) is 12.6. The number of nitrogens with zero attached hydrogens (tertiary/aromatic N) is 4. The van der Waals surface area contributed by atoms with Gasteiger partial charge in [0.25, 0.3) is 0 Å². The number of nitrogen functional groups attached to an aromatic ring is 1. The Bertz CT molecular complexity index is 1070. The van der Waals surface area contributed by atoms with Crippen molar-refractivity contribution < 1.29 is 42.2 Å². The lowest BCUT2D eigenvalue weighted by molar-refractivity contribution is -0.163. The maximum Gasteiger partial charge on any atom is 0.472 e. The fourth-order valence-electron chi connectivity index (χ4n) is 3.76. The highest BCUT2D eigenvalue weighted by Crippen LogP contribution is 2.53. The molecule has 2 aliphatic heterocycles. The first-order chi connectivity index (χ1) is 16.8. The lowest BCUT2D eigenvalue weighted by Gasteiger charge is -2.30. The summed E-state index contributed by atoms with van der Waals surface area (Å²) in [6, 6.07) is 0. The monoisotopic (exact) mass is 516 g/mol. The summed E-state index contributed by atoms with van der Waals surface area (Å²) < 4.78 is 46.2. The van der Waals surface area contributed by atoms with Crippen LogP contribution in [0.4, 0.5) is 5.82 Å². The topological polar surface area (TPSA) is 205 Å². The molecule has 2 aromatic rings. The number of nitrogens with two attached hydrogens (primary N) is 2. The molecule has 6 atom stereocenters. The van der Waals surface area contributed by atoms with Crippen LogP contribution in [0, 0.1) is 5.92 Å². The Labute approximate surface area is 200 Å². The number of hydrogen-bond acceptors (Lipinski definition) is 13. The highest BCUT2D eigenvalue weighted by molar-refractivity contribution is 7.47. The molecular weight excluding hydrogens is 487 g/mol. The van der Waals surface area contributed by atoms with E-state index in [2.05, 4.69) is 15.0 Å². The van der Waals surface area contributed by atoms with Crippen molar-refractivity contribution in [2.24, 2.45) is 11.7 Å². The Balaban J connectivity index is 1.45. The summed E-state index contributed by atoms with van der Waals surface area (Å²) >= 11 is 0. The van der Waals surface area contributed by atoms with Crippen molar-refractivity contribution in [1.82, 2.24) is 19.5 Å². The van der Waals surface area contributed by atoms with Crippen LogP contribution >= 0.6 is 7.82 Å². The van der Waals surface area contributed by atoms with Crippen molar-refractivity contribution in [3.63, 3.8) is 0 Å². The molecule has 2 aliphatic rings. The minimum Gasteiger partial charge on any atom is -0.454 e. The number of phosphoric acid groups is 1. The molecule has 0 saturated carbocycles. The Kier molecular flexibility index (Phi) is 8.29. The van der Waals surface area contributed by atoms with Crippen molar-refractivity contribution in [3.8, 4) is 0 Å². The third-order valence-corrected chi connectivity index (χ3v) is 6.57. The van der Waals surface area contributed by atoms with Crippen molar-refractivity contribution in [2.75, 3.05) is 45.3 Å². The maximum atomic E-state index is 12.9. The Morgan fingerprint density at radius 3 is 2.83 bits per heavy atom. The van der Waals surface area contributed by atoms with Crippen LogP contribution < -0.4 is 11.5 Å². The lowest BCUT2D eigenvalue weighted by Crippen LogP contribution is -2.42. The van der Waals surface area contributed by atoms with E-state index in [1.807, 2.05) is 0 Å². The van der Waals surface area contributed by atoms with Gasteiger partial charge in [0.1, 0.15) is 24.1 Å². The Morgan fingerprint density at radius 2 is 2.06 bits per heavy atom. The van der Waals surface area contributed by atoms with E-state index in [4.69, 9.17) is 39.5 Å². The molecule has 6 unspecified atom stereocenters. The van der Waals surface area contributed by atoms with Crippen LogP contribution in [0.25, 0.3) is 11.2 Å². The van der Waals surface area contributed by atoms with Gasteiger partial charge in [0.2, 0.25) is 0 Å². The van der Waals surface area contributed by atoms with Crippen LogP contribution in [0.5, 0.6) is 0 Å². The van der Waals surface area contributed by atoms with Gasteiger partial charge in [-0.15, -0.1) is 0 Å². The van der Waals surface area contributed by atoms with E-state index in [0.29, 0.717) is 50.6 Å². The second-order valence-electron chi connectivity index (χ2n) is 8.09. The number of ether oxygens (including phenoxy) is 4. The zero-order chi connectivity index (χ0) is 25.0. The number of fused-ring (bicyclic) bond motifs is 2. The van der Waals surface area contributed by atoms with E-state index in [1.165, 1.54) is 17.2 Å². The molecule has 35 heavy (non-hydrogen) atoms. The number of carbonyl (C=O) groups is 1. The van der Waals surface area contributed by atoms with E-state index in [-0.39, 0.29) is 12.4 Å². The number of carbonyl (C=O) groups excluding carboxylic acids is 1. The normalized spacial score (nSPS) is 29.2. The number of esters is 1. The third-order valence-electron chi connectivity index (χ3n) is 5.59. The molecule has 2 fully saturated rings. The van der Waals surface area contributed by atoms with E-state index in [9.17, 15) is 14.3 Å². The quantitative estimate of drug-likeness (QED) is 0.200. The molecule has 4 heterocycles. The molecule has 0 amide bonds. The summed E-state index contributed by atoms with van der Waals surface area (Å²) in [7, 11) is -4.34. The van der Waals surface area contributed by atoms with Gasteiger partial charge in [-0.3, -0.25) is 18.4 Å². The summed E-state index contributed by atoms with van der Waals surface area (Å²) in [4.78, 5) is 35.1. The highest BCUT2D eigenvalue weighted by atomic mass is 31.2. The van der Waals surface area contributed by atoms with Crippen LogP contribution in [-0.4, -0.2) is 88.3 Å². The molecule has 0 radical (unpaired) electrons. The van der Waals surface area contributed by atoms with Crippen LogP contribution in [0.2, 0.25) is 0 Å². The Morgan fingerprint density at radius 1 is 1.29 bits per heavy atom. The fraction of sp³-hybridized carbons (Fsp3) is 0.684. The van der Waals surface area contributed by atoms with Gasteiger partial charge >= 0.3 is 13.8 Å². The standard InChI is InChI=1S/C19H29N6O9P/c1-11(2-4-29-6-7-30-5-3-20)19(26)33-15-14-12(8-31-35(27,28)34-14)32-18(15)25-10-24-13-16(21)22-9-23-17(13)25/h9-12,14-15,18H,2-8,20H2,1H3,(H,27,28)(H2,21,22,23). The van der Waals surface area contributed by atoms with Gasteiger partial charge in [0.05, 0.1) is 38.7 Å². The molecule has 0 aliphatic carbocycles. The minimum absolute atomic E-state index is 0.166. The number of phosphoric ester groups is 1. The van der Waals surface area contributed by atoms with Gasteiger partial charge < -0.3 is 35.3 Å². The Hall–Kier alpha value is -2.23. The van der Waals surface area contributed by atoms with E-state index < -0.39 is 44.2 Å². The first kappa shape index (κ1) is 25.9. The SMILES string of the molecule is CC(CCOCCOCCN)C(=O)OC1C2OP(=O)(O)OCC2OC1n1cnc2c(N)ncnc21. The zero-order valence-corrected chi connectivity index (χ0v) is 20.0. The number of anilines is 1. The van der Waals surface area contributed by atoms with Gasteiger partial charge in [0, 0.05) is 13.2 Å². The number of aromatic nitrogens is 4. The maximum absolute atomic E-state index is 12.9. The molecule has 5 N–H and O–H groups in total. The summed E-state index contributed by atoms with van der Waals surface area (Å²) in [5, 5.41) is 0. The summed E-state index contributed by atoms with van der Waals surface area (Å²) in [6.45, 7) is 3.47. The van der Waals surface area contributed by atoms with Crippen LogP contribution in [0.1, 0.15) is 19.6 Å². The molecule has 194 valence electrons. The van der Waals surface area contributed by atoms with Gasteiger partial charge in [-0.25, -0.2) is 19.5 Å². The summed E-state index contributed by atoms with van der Waals surface area (Å²) in [5.41, 5.74) is 11.9. The van der Waals surface area contributed by atoms with Crippen LogP contribution in [0.3, 0.4) is 0 Å². The fourth-order valence-corrected chi connectivity index (χ4v) is 4.72. The van der Waals surface area contributed by atoms with E-state index in [0.717, 1.165) is 0 Å². The van der Waals surface area contributed by atoms with Gasteiger partial charge in [-0.2, -0.15) is 0 Å². The van der Waals surface area contributed by atoms with Crippen molar-refractivity contribution in [1.29, 1.82) is 0 Å². The van der Waals surface area contributed by atoms with E-state index >= 15 is 0 Å². The van der Waals surface area contributed by atoms with Gasteiger partial charge in [-0.05, 0) is 6.42 Å². The average Bonchev–Trinajstić information content (AvgIpc) is 3.40. The first-order valence-electron chi connectivity index (χ1n) is 11.1. The van der Waals surface area contributed by atoms with Crippen LogP contribution in [0.15, 0.2) is 12.7 Å². The largest absolute Gasteiger partial charge is 0.472 e. The lowest BCUT2D eigenvalue weighted by atomic mass is 10.1. The molecule has 16 heteroatoms. The zero-order valence-electron chi connectivity index (χ0n) is 19.1. The second-order valence-corrected chi connectivity index (χ2v) is 9.49. The van der Waals surface area contributed by atoms with Gasteiger partial charge in [0.15, 0.2) is 23.8 Å². The van der Waals surface area contributed by atoms with Crippen LogP contribution in [-0.2, 0) is 37.4 Å². The third kappa shape index (κ3) is 5.95. The number of hydrogen-bond donors (Lipinski definition) is 3. The number of rotatable bonds is 11. The molecule has 15 nitrogen and oxygen atoms in total. The number of imidazole rings is 1. The molecule has 0 bridgehead atoms. The highest BCUT2D eigenvalue weighted by Gasteiger charge is 2.55. The van der Waals surface area contributed by atoms with E-state index in [1.54, 1.807) is 6.92 Å². The average molecular weight is 516 g/mol. The predicted molar refractivity (Wildman–Crippen MR) is 119 cm³/mol. The predicted octanol–water partition coefficient (Wildman–Crippen LogP) is -0.248.